The van der Waals surface area contributed by atoms with Gasteiger partial charge < -0.3 is 9.80 Å². The number of nitrogens with zero attached hydrogens (tertiary/aromatic N) is 3. The zero-order chi connectivity index (χ0) is 19.3. The lowest BCUT2D eigenvalue weighted by atomic mass is 9.90. The van der Waals surface area contributed by atoms with Crippen LogP contribution in [0.1, 0.15) is 50.1 Å². The minimum absolute atomic E-state index is 0.0701. The van der Waals surface area contributed by atoms with Crippen LogP contribution in [-0.4, -0.2) is 58.0 Å². The second-order valence-electron chi connectivity index (χ2n) is 7.87. The molecule has 0 saturated carbocycles. The van der Waals surface area contributed by atoms with Gasteiger partial charge >= 0.3 is 0 Å². The molecule has 2 fully saturated rings. The molecule has 0 spiro atoms. The summed E-state index contributed by atoms with van der Waals surface area (Å²) < 4.78 is 0. The molecule has 1 N–H and O–H groups in total. The Morgan fingerprint density at radius 1 is 1.11 bits per heavy atom. The van der Waals surface area contributed by atoms with E-state index in [-0.39, 0.29) is 24.3 Å². The summed E-state index contributed by atoms with van der Waals surface area (Å²) in [5.74, 6) is 0.440. The van der Waals surface area contributed by atoms with Crippen LogP contribution >= 0.6 is 0 Å². The molecule has 2 aliphatic heterocycles. The Hall–Kier alpha value is -2.63. The van der Waals surface area contributed by atoms with Gasteiger partial charge in [-0.15, -0.1) is 0 Å². The van der Waals surface area contributed by atoms with E-state index in [9.17, 15) is 9.59 Å². The Labute approximate surface area is 165 Å². The third-order valence-electron chi connectivity index (χ3n) is 5.93. The third kappa shape index (κ3) is 4.11. The molecule has 4 rings (SSSR count). The fourth-order valence-electron chi connectivity index (χ4n) is 4.36. The first-order chi connectivity index (χ1) is 13.7. The quantitative estimate of drug-likeness (QED) is 0.886. The van der Waals surface area contributed by atoms with Gasteiger partial charge in [0, 0.05) is 43.2 Å². The number of carbonyl (C=O) groups excluding carboxylic acids is 2. The number of aromatic amines is 1. The maximum Gasteiger partial charge on any atom is 0.242 e. The first-order valence-corrected chi connectivity index (χ1v) is 10.4. The average Bonchev–Trinajstić information content (AvgIpc) is 3.14. The minimum Gasteiger partial charge on any atom is -0.340 e. The van der Waals surface area contributed by atoms with Crippen LogP contribution in [-0.2, 0) is 9.59 Å². The molecule has 2 amide bonds. The van der Waals surface area contributed by atoms with Crippen molar-refractivity contribution >= 4 is 11.8 Å². The molecule has 2 aromatic rings. The van der Waals surface area contributed by atoms with Crippen LogP contribution in [0.5, 0.6) is 0 Å². The largest absolute Gasteiger partial charge is 0.340 e. The van der Waals surface area contributed by atoms with Crippen molar-refractivity contribution in [2.45, 2.75) is 44.4 Å². The Morgan fingerprint density at radius 2 is 1.96 bits per heavy atom. The van der Waals surface area contributed by atoms with E-state index in [1.807, 2.05) is 29.3 Å². The number of H-pyrrole nitrogens is 1. The number of amides is 2. The van der Waals surface area contributed by atoms with E-state index in [4.69, 9.17) is 0 Å². The molecular weight excluding hydrogens is 352 g/mol. The summed E-state index contributed by atoms with van der Waals surface area (Å²) in [6.07, 6.45) is 7.47. The number of piperidine rings is 1. The van der Waals surface area contributed by atoms with Crippen LogP contribution in [0.4, 0.5) is 0 Å². The van der Waals surface area contributed by atoms with Gasteiger partial charge in [-0.2, -0.15) is 5.10 Å². The summed E-state index contributed by atoms with van der Waals surface area (Å²) in [5.41, 5.74) is 3.36. The molecule has 6 nitrogen and oxygen atoms in total. The Bertz CT molecular complexity index is 817. The normalized spacial score (nSPS) is 20.9. The van der Waals surface area contributed by atoms with Crippen molar-refractivity contribution < 1.29 is 9.59 Å². The molecule has 3 heterocycles. The number of hydrogen-bond acceptors (Lipinski definition) is 3. The van der Waals surface area contributed by atoms with Crippen molar-refractivity contribution in [3.05, 3.63) is 42.2 Å². The molecule has 1 aromatic carbocycles. The maximum atomic E-state index is 12.9. The molecule has 2 saturated heterocycles. The lowest BCUT2D eigenvalue weighted by Gasteiger charge is -2.34. The third-order valence-corrected chi connectivity index (χ3v) is 5.93. The molecular formula is C22H28N4O2. The van der Waals surface area contributed by atoms with E-state index < -0.39 is 0 Å². The number of carbonyl (C=O) groups is 2. The predicted molar refractivity (Wildman–Crippen MR) is 108 cm³/mol. The fourth-order valence-corrected chi connectivity index (χ4v) is 4.36. The highest BCUT2D eigenvalue weighted by Gasteiger charge is 2.29. The van der Waals surface area contributed by atoms with E-state index in [0.717, 1.165) is 55.5 Å². The standard InChI is InChI=1S/C22H28N4O2/c27-20-11-5-2-6-12-26(20)16-21(28)25-13-7-10-18(15-25)22-19(14-23-24-22)17-8-3-1-4-9-17/h1,3-4,8-9,14,18H,2,5-7,10-13,15-16H2,(H,23,24)/t18-/m0/s1. The van der Waals surface area contributed by atoms with Crippen molar-refractivity contribution in [1.82, 2.24) is 20.0 Å². The van der Waals surface area contributed by atoms with Crippen molar-refractivity contribution in [1.29, 1.82) is 0 Å². The van der Waals surface area contributed by atoms with E-state index in [1.54, 1.807) is 4.90 Å². The monoisotopic (exact) mass is 380 g/mol. The SMILES string of the molecule is O=C1CCCCCN1CC(=O)N1CCC[C@H](c2[nH]ncc2-c2ccccc2)C1. The van der Waals surface area contributed by atoms with Gasteiger partial charge in [-0.1, -0.05) is 36.8 Å². The maximum absolute atomic E-state index is 12.9. The van der Waals surface area contributed by atoms with Gasteiger partial charge in [-0.05, 0) is 31.2 Å². The fraction of sp³-hybridized carbons (Fsp3) is 0.500. The van der Waals surface area contributed by atoms with Crippen molar-refractivity contribution in [3.8, 4) is 11.1 Å². The topological polar surface area (TPSA) is 69.3 Å². The van der Waals surface area contributed by atoms with E-state index in [2.05, 4.69) is 22.3 Å². The highest BCUT2D eigenvalue weighted by Crippen LogP contribution is 2.33. The van der Waals surface area contributed by atoms with Gasteiger partial charge in [-0.25, -0.2) is 0 Å². The number of likely N-dealkylation sites (tertiary alicyclic amines) is 2. The highest BCUT2D eigenvalue weighted by molar-refractivity contribution is 5.85. The van der Waals surface area contributed by atoms with Crippen molar-refractivity contribution in [2.75, 3.05) is 26.2 Å². The van der Waals surface area contributed by atoms with Gasteiger partial charge in [0.25, 0.3) is 0 Å². The summed E-state index contributed by atoms with van der Waals surface area (Å²) in [7, 11) is 0. The van der Waals surface area contributed by atoms with E-state index >= 15 is 0 Å². The predicted octanol–water partition coefficient (Wildman–Crippen LogP) is 3.19. The first kappa shape index (κ1) is 18.7. The molecule has 6 heteroatoms. The van der Waals surface area contributed by atoms with Gasteiger partial charge in [0.05, 0.1) is 12.7 Å². The molecule has 0 aliphatic carbocycles. The lowest BCUT2D eigenvalue weighted by Crippen LogP contribution is -2.46. The number of aromatic nitrogens is 2. The van der Waals surface area contributed by atoms with Gasteiger partial charge in [0.15, 0.2) is 0 Å². The lowest BCUT2D eigenvalue weighted by molar-refractivity contribution is -0.140. The molecule has 1 aromatic heterocycles. The van der Waals surface area contributed by atoms with Crippen LogP contribution < -0.4 is 0 Å². The zero-order valence-corrected chi connectivity index (χ0v) is 16.3. The molecule has 2 aliphatic rings. The van der Waals surface area contributed by atoms with Gasteiger partial charge in [0.2, 0.25) is 11.8 Å². The van der Waals surface area contributed by atoms with Crippen molar-refractivity contribution in [3.63, 3.8) is 0 Å². The minimum atomic E-state index is 0.0701. The molecule has 0 radical (unpaired) electrons. The van der Waals surface area contributed by atoms with Crippen LogP contribution in [0.25, 0.3) is 11.1 Å². The second kappa shape index (κ2) is 8.59. The number of rotatable bonds is 4. The van der Waals surface area contributed by atoms with Crippen LogP contribution in [0.15, 0.2) is 36.5 Å². The van der Waals surface area contributed by atoms with Crippen LogP contribution in [0, 0.1) is 0 Å². The van der Waals surface area contributed by atoms with Crippen molar-refractivity contribution in [2.24, 2.45) is 0 Å². The van der Waals surface area contributed by atoms with Crippen LogP contribution in [0.2, 0.25) is 0 Å². The summed E-state index contributed by atoms with van der Waals surface area (Å²) in [6.45, 7) is 2.38. The Morgan fingerprint density at radius 3 is 2.82 bits per heavy atom. The summed E-state index contributed by atoms with van der Waals surface area (Å²) >= 11 is 0. The molecule has 0 unspecified atom stereocenters. The number of nitrogens with one attached hydrogen (secondary N) is 1. The molecule has 28 heavy (non-hydrogen) atoms. The summed E-state index contributed by atoms with van der Waals surface area (Å²) in [5, 5.41) is 7.45. The van der Waals surface area contributed by atoms with E-state index in [0.29, 0.717) is 19.5 Å². The Kier molecular flexibility index (Phi) is 5.74. The first-order valence-electron chi connectivity index (χ1n) is 10.4. The van der Waals surface area contributed by atoms with Gasteiger partial charge in [0.1, 0.15) is 0 Å². The molecule has 1 atom stereocenters. The number of benzene rings is 1. The Balaban J connectivity index is 1.44. The zero-order valence-electron chi connectivity index (χ0n) is 16.3. The average molecular weight is 380 g/mol. The highest BCUT2D eigenvalue weighted by atomic mass is 16.2. The second-order valence-corrected chi connectivity index (χ2v) is 7.87. The van der Waals surface area contributed by atoms with E-state index in [1.165, 1.54) is 0 Å². The molecule has 0 bridgehead atoms. The number of hydrogen-bond donors (Lipinski definition) is 1. The summed E-state index contributed by atoms with van der Waals surface area (Å²) in [4.78, 5) is 28.8. The summed E-state index contributed by atoms with van der Waals surface area (Å²) in [6, 6.07) is 10.2. The molecule has 148 valence electrons. The smallest absolute Gasteiger partial charge is 0.242 e. The van der Waals surface area contributed by atoms with Gasteiger partial charge in [-0.3, -0.25) is 14.7 Å². The van der Waals surface area contributed by atoms with Crippen LogP contribution in [0.3, 0.4) is 0 Å².